The first kappa shape index (κ1) is 19.0. The fourth-order valence-electron chi connectivity index (χ4n) is 2.07. The number of nitro groups is 1. The van der Waals surface area contributed by atoms with E-state index in [0.717, 1.165) is 11.6 Å². The molecule has 26 heavy (non-hydrogen) atoms. The third kappa shape index (κ3) is 5.95. The first-order valence-corrected chi connectivity index (χ1v) is 8.05. The van der Waals surface area contributed by atoms with Crippen molar-refractivity contribution in [1.82, 2.24) is 16.2 Å². The zero-order chi connectivity index (χ0) is 18.9. The molecule has 2 aromatic rings. The molecule has 2 rings (SSSR count). The van der Waals surface area contributed by atoms with Crippen molar-refractivity contribution in [3.8, 4) is 0 Å². The quantitative estimate of drug-likeness (QED) is 0.419. The van der Waals surface area contributed by atoms with E-state index in [-0.39, 0.29) is 28.7 Å². The van der Waals surface area contributed by atoms with E-state index in [4.69, 9.17) is 12.2 Å². The highest BCUT2D eigenvalue weighted by molar-refractivity contribution is 7.80. The Morgan fingerprint density at radius 3 is 2.46 bits per heavy atom. The van der Waals surface area contributed by atoms with Crippen LogP contribution in [0, 0.1) is 10.1 Å². The van der Waals surface area contributed by atoms with Crippen molar-refractivity contribution in [2.75, 3.05) is 0 Å². The molecule has 0 spiro atoms. The number of hydrazine groups is 1. The highest BCUT2D eigenvalue weighted by Gasteiger charge is 2.12. The molecule has 134 valence electrons. The van der Waals surface area contributed by atoms with Crippen LogP contribution < -0.4 is 16.2 Å². The maximum Gasteiger partial charge on any atom is 0.270 e. The summed E-state index contributed by atoms with van der Waals surface area (Å²) in [4.78, 5) is 33.9. The van der Waals surface area contributed by atoms with Crippen molar-refractivity contribution in [3.63, 3.8) is 0 Å². The lowest BCUT2D eigenvalue weighted by Crippen LogP contribution is -2.48. The Morgan fingerprint density at radius 1 is 1.04 bits per heavy atom. The lowest BCUT2D eigenvalue weighted by Gasteiger charge is -2.10. The van der Waals surface area contributed by atoms with E-state index in [2.05, 4.69) is 16.2 Å². The number of carbonyl (C=O) groups excluding carboxylic acids is 2. The number of carbonyl (C=O) groups is 2. The normalized spacial score (nSPS) is 9.85. The number of nitrogens with one attached hydrogen (secondary N) is 3. The summed E-state index contributed by atoms with van der Waals surface area (Å²) in [5.41, 5.74) is 5.58. The highest BCUT2D eigenvalue weighted by Crippen LogP contribution is 2.12. The third-order valence-electron chi connectivity index (χ3n) is 3.35. The van der Waals surface area contributed by atoms with E-state index in [1.165, 1.54) is 18.2 Å². The smallest absolute Gasteiger partial charge is 0.270 e. The van der Waals surface area contributed by atoms with Crippen molar-refractivity contribution in [2.45, 2.75) is 12.8 Å². The summed E-state index contributed by atoms with van der Waals surface area (Å²) in [6.45, 7) is 0. The number of nitrogens with zero attached hydrogens (tertiary/aromatic N) is 1. The van der Waals surface area contributed by atoms with Gasteiger partial charge in [0.15, 0.2) is 5.11 Å². The Kier molecular flexibility index (Phi) is 6.75. The number of hydrogen-bond donors (Lipinski definition) is 3. The Hall–Kier alpha value is -3.33. The molecule has 0 aliphatic rings. The summed E-state index contributed by atoms with van der Waals surface area (Å²) < 4.78 is 0. The predicted molar refractivity (Wildman–Crippen MR) is 99.2 cm³/mol. The van der Waals surface area contributed by atoms with Gasteiger partial charge in [-0.05, 0) is 30.3 Å². The Labute approximate surface area is 154 Å². The summed E-state index contributed by atoms with van der Waals surface area (Å²) in [5.74, 6) is -0.912. The molecule has 0 fully saturated rings. The summed E-state index contributed by atoms with van der Waals surface area (Å²) >= 11 is 4.93. The van der Waals surface area contributed by atoms with Gasteiger partial charge in [0, 0.05) is 24.1 Å². The minimum absolute atomic E-state index is 0.0677. The van der Waals surface area contributed by atoms with Gasteiger partial charge in [-0.25, -0.2) is 0 Å². The molecule has 0 bridgehead atoms. The van der Waals surface area contributed by atoms with Crippen LogP contribution in [0.1, 0.15) is 22.3 Å². The van der Waals surface area contributed by atoms with Crippen LogP contribution >= 0.6 is 12.2 Å². The van der Waals surface area contributed by atoms with E-state index in [1.807, 2.05) is 30.3 Å². The molecule has 0 aromatic heterocycles. The summed E-state index contributed by atoms with van der Waals surface area (Å²) in [6.07, 6.45) is 0.806. The largest absolute Gasteiger partial charge is 0.302 e. The Balaban J connectivity index is 1.77. The van der Waals surface area contributed by atoms with Crippen molar-refractivity contribution in [2.24, 2.45) is 0 Å². The molecule has 0 aliphatic carbocycles. The van der Waals surface area contributed by atoms with Gasteiger partial charge >= 0.3 is 0 Å². The van der Waals surface area contributed by atoms with E-state index in [9.17, 15) is 19.7 Å². The average Bonchev–Trinajstić information content (AvgIpc) is 2.65. The van der Waals surface area contributed by atoms with Gasteiger partial charge in [0.1, 0.15) is 0 Å². The number of benzene rings is 2. The van der Waals surface area contributed by atoms with Crippen LogP contribution in [0.3, 0.4) is 0 Å². The first-order chi connectivity index (χ1) is 12.5. The number of non-ortho nitro benzene ring substituents is 1. The number of amides is 2. The maximum absolute atomic E-state index is 12.0. The minimum atomic E-state index is -0.616. The van der Waals surface area contributed by atoms with Crippen molar-refractivity contribution >= 4 is 34.8 Å². The molecule has 0 aliphatic heterocycles. The van der Waals surface area contributed by atoms with E-state index < -0.39 is 10.8 Å². The fourth-order valence-corrected chi connectivity index (χ4v) is 2.23. The highest BCUT2D eigenvalue weighted by atomic mass is 32.1. The van der Waals surface area contributed by atoms with Gasteiger partial charge in [0.2, 0.25) is 5.91 Å². The van der Waals surface area contributed by atoms with Crippen molar-refractivity contribution < 1.29 is 14.5 Å². The number of hydrogen-bond acceptors (Lipinski definition) is 5. The molecule has 9 heteroatoms. The lowest BCUT2D eigenvalue weighted by atomic mass is 10.1. The van der Waals surface area contributed by atoms with Crippen LogP contribution in [0.5, 0.6) is 0 Å². The molecule has 2 amide bonds. The van der Waals surface area contributed by atoms with Gasteiger partial charge in [0.25, 0.3) is 11.6 Å². The zero-order valence-corrected chi connectivity index (χ0v) is 14.4. The van der Waals surface area contributed by atoms with E-state index >= 15 is 0 Å². The molecular weight excluding hydrogens is 356 g/mol. The second-order valence-corrected chi connectivity index (χ2v) is 5.66. The molecule has 8 nitrogen and oxygen atoms in total. The summed E-state index contributed by atoms with van der Waals surface area (Å²) in [6, 6.07) is 14.8. The molecule has 3 N–H and O–H groups in total. The van der Waals surface area contributed by atoms with Crippen LogP contribution in [0.2, 0.25) is 0 Å². The average molecular weight is 372 g/mol. The van der Waals surface area contributed by atoms with E-state index in [0.29, 0.717) is 6.42 Å². The van der Waals surface area contributed by atoms with Crippen molar-refractivity contribution in [3.05, 3.63) is 75.8 Å². The second kappa shape index (κ2) is 9.23. The molecule has 0 unspecified atom stereocenters. The molecule has 0 saturated carbocycles. The van der Waals surface area contributed by atoms with Gasteiger partial charge in [-0.15, -0.1) is 0 Å². The summed E-state index contributed by atoms with van der Waals surface area (Å²) in [7, 11) is 0. The minimum Gasteiger partial charge on any atom is -0.302 e. The van der Waals surface area contributed by atoms with E-state index in [1.54, 1.807) is 0 Å². The van der Waals surface area contributed by atoms with Crippen molar-refractivity contribution in [1.29, 1.82) is 0 Å². The van der Waals surface area contributed by atoms with Crippen LogP contribution in [-0.2, 0) is 11.2 Å². The fraction of sp³-hybridized carbons (Fsp3) is 0.118. The Morgan fingerprint density at radius 2 is 1.77 bits per heavy atom. The van der Waals surface area contributed by atoms with Gasteiger partial charge in [-0.3, -0.25) is 30.6 Å². The maximum atomic E-state index is 12.0. The predicted octanol–water partition coefficient (Wildman–Crippen LogP) is 1.86. The molecule has 2 aromatic carbocycles. The lowest BCUT2D eigenvalue weighted by molar-refractivity contribution is -0.384. The van der Waals surface area contributed by atoms with Crippen LogP contribution in [0.15, 0.2) is 54.6 Å². The number of rotatable bonds is 5. The monoisotopic (exact) mass is 372 g/mol. The molecule has 0 heterocycles. The molecule has 0 saturated heterocycles. The van der Waals surface area contributed by atoms with Gasteiger partial charge in [0.05, 0.1) is 4.92 Å². The van der Waals surface area contributed by atoms with Gasteiger partial charge in [-0.1, -0.05) is 36.4 Å². The van der Waals surface area contributed by atoms with Crippen LogP contribution in [0.25, 0.3) is 0 Å². The topological polar surface area (TPSA) is 113 Å². The third-order valence-corrected chi connectivity index (χ3v) is 3.55. The molecule has 0 radical (unpaired) electrons. The van der Waals surface area contributed by atoms with Gasteiger partial charge in [-0.2, -0.15) is 0 Å². The molecule has 0 atom stereocenters. The number of thiocarbonyl (C=S) groups is 1. The second-order valence-electron chi connectivity index (χ2n) is 5.25. The Bertz CT molecular complexity index is 827. The van der Waals surface area contributed by atoms with Crippen LogP contribution in [0.4, 0.5) is 5.69 Å². The SMILES string of the molecule is O=C(CCc1ccccc1)NC(=S)NNC(=O)c1cccc([N+](=O)[O-])c1. The number of aryl methyl sites for hydroxylation is 1. The van der Waals surface area contributed by atoms with Gasteiger partial charge < -0.3 is 5.32 Å². The number of nitro benzene ring substituents is 1. The summed E-state index contributed by atoms with van der Waals surface area (Å²) in [5, 5.41) is 13.1. The van der Waals surface area contributed by atoms with Crippen LogP contribution in [-0.4, -0.2) is 21.9 Å². The standard InChI is InChI=1S/C17H16N4O4S/c22-15(10-9-12-5-2-1-3-6-12)18-17(26)20-19-16(23)13-7-4-8-14(11-13)21(24)25/h1-8,11H,9-10H2,(H,19,23)(H2,18,20,22,26). The molecular formula is C17H16N4O4S. The zero-order valence-electron chi connectivity index (χ0n) is 13.6. The first-order valence-electron chi connectivity index (χ1n) is 7.64.